The van der Waals surface area contributed by atoms with Gasteiger partial charge in [0.2, 0.25) is 0 Å². The molecule has 3 aromatic rings. The van der Waals surface area contributed by atoms with Crippen LogP contribution >= 0.6 is 0 Å². The van der Waals surface area contributed by atoms with Gasteiger partial charge in [-0.25, -0.2) is 4.79 Å². The van der Waals surface area contributed by atoms with Crippen LogP contribution in [0.15, 0.2) is 73.1 Å². The summed E-state index contributed by atoms with van der Waals surface area (Å²) in [5.41, 5.74) is 1.99. The molecule has 0 bridgehead atoms. The number of carbonyl (C=O) groups is 1. The summed E-state index contributed by atoms with van der Waals surface area (Å²) in [4.78, 5) is 15.4. The van der Waals surface area contributed by atoms with Crippen molar-refractivity contribution in [2.75, 3.05) is 0 Å². The highest BCUT2D eigenvalue weighted by molar-refractivity contribution is 5.91. The van der Waals surface area contributed by atoms with Crippen LogP contribution < -0.4 is 9.47 Å². The predicted octanol–water partition coefficient (Wildman–Crippen LogP) is 3.94. The third-order valence-electron chi connectivity index (χ3n) is 3.55. The molecule has 3 rings (SSSR count). The van der Waals surface area contributed by atoms with Gasteiger partial charge in [0.15, 0.2) is 0 Å². The number of carboxylic acid groups (broad SMARTS) is 1. The smallest absolute Gasteiger partial charge is 0.339 e. The quantitative estimate of drug-likeness (QED) is 0.708. The van der Waals surface area contributed by atoms with Gasteiger partial charge in [-0.3, -0.25) is 4.98 Å². The molecular formula is C20H17NO4. The Labute approximate surface area is 145 Å². The third-order valence-corrected chi connectivity index (χ3v) is 3.55. The molecule has 5 heteroatoms. The normalized spacial score (nSPS) is 10.2. The predicted molar refractivity (Wildman–Crippen MR) is 92.7 cm³/mol. The van der Waals surface area contributed by atoms with E-state index in [1.165, 1.54) is 6.07 Å². The number of carboxylic acids is 1. The van der Waals surface area contributed by atoms with Crippen molar-refractivity contribution in [1.29, 1.82) is 0 Å². The summed E-state index contributed by atoms with van der Waals surface area (Å²) >= 11 is 0. The number of aromatic nitrogens is 1. The van der Waals surface area contributed by atoms with Crippen molar-refractivity contribution in [3.8, 4) is 11.5 Å². The number of rotatable bonds is 7. The van der Waals surface area contributed by atoms with Crippen molar-refractivity contribution < 1.29 is 19.4 Å². The van der Waals surface area contributed by atoms with Crippen molar-refractivity contribution in [1.82, 2.24) is 4.98 Å². The van der Waals surface area contributed by atoms with E-state index in [1.54, 1.807) is 24.5 Å². The molecule has 25 heavy (non-hydrogen) atoms. The van der Waals surface area contributed by atoms with Crippen LogP contribution in [0.3, 0.4) is 0 Å². The molecule has 1 N–H and O–H groups in total. The van der Waals surface area contributed by atoms with Crippen molar-refractivity contribution in [3.63, 3.8) is 0 Å². The maximum atomic E-state index is 11.4. The summed E-state index contributed by atoms with van der Waals surface area (Å²) in [5, 5.41) is 9.33. The summed E-state index contributed by atoms with van der Waals surface area (Å²) in [5.74, 6) is -0.223. The molecular weight excluding hydrogens is 318 g/mol. The number of hydrogen-bond acceptors (Lipinski definition) is 4. The lowest BCUT2D eigenvalue weighted by molar-refractivity contribution is 0.0691. The molecule has 0 fully saturated rings. The maximum absolute atomic E-state index is 11.4. The zero-order valence-electron chi connectivity index (χ0n) is 13.5. The van der Waals surface area contributed by atoms with Crippen LogP contribution in [-0.2, 0) is 13.2 Å². The lowest BCUT2D eigenvalue weighted by atomic mass is 10.2. The van der Waals surface area contributed by atoms with Crippen LogP contribution in [0.1, 0.15) is 21.5 Å². The minimum atomic E-state index is -1.04. The summed E-state index contributed by atoms with van der Waals surface area (Å²) < 4.78 is 11.4. The van der Waals surface area contributed by atoms with Gasteiger partial charge in [0.1, 0.15) is 30.3 Å². The van der Waals surface area contributed by atoms with E-state index in [1.807, 2.05) is 42.5 Å². The molecule has 0 aliphatic carbocycles. The zero-order valence-corrected chi connectivity index (χ0v) is 13.5. The Balaban J connectivity index is 1.73. The van der Waals surface area contributed by atoms with Crippen LogP contribution in [0, 0.1) is 0 Å². The molecule has 126 valence electrons. The lowest BCUT2D eigenvalue weighted by Gasteiger charge is -2.12. The van der Waals surface area contributed by atoms with Gasteiger partial charge in [-0.1, -0.05) is 36.4 Å². The molecule has 0 aliphatic rings. The molecule has 1 aromatic heterocycles. The molecule has 0 spiro atoms. The molecule has 0 atom stereocenters. The average molecular weight is 335 g/mol. The topological polar surface area (TPSA) is 68.7 Å². The molecule has 0 unspecified atom stereocenters. The van der Waals surface area contributed by atoms with Gasteiger partial charge < -0.3 is 14.6 Å². The van der Waals surface area contributed by atoms with Crippen LogP contribution in [0.2, 0.25) is 0 Å². The second kappa shape index (κ2) is 7.97. The summed E-state index contributed by atoms with van der Waals surface area (Å²) in [6, 6.07) is 18.0. The number of nitrogens with zero attached hydrogens (tertiary/aromatic N) is 1. The summed E-state index contributed by atoms with van der Waals surface area (Å²) in [6.07, 6.45) is 3.42. The number of benzene rings is 2. The first-order valence-corrected chi connectivity index (χ1v) is 7.78. The van der Waals surface area contributed by atoms with Gasteiger partial charge in [-0.15, -0.1) is 0 Å². The molecule has 0 saturated carbocycles. The fourth-order valence-electron chi connectivity index (χ4n) is 2.27. The van der Waals surface area contributed by atoms with Gasteiger partial charge in [-0.2, -0.15) is 0 Å². The summed E-state index contributed by atoms with van der Waals surface area (Å²) in [6.45, 7) is 0.631. The van der Waals surface area contributed by atoms with E-state index < -0.39 is 5.97 Å². The Morgan fingerprint density at radius 2 is 1.68 bits per heavy atom. The van der Waals surface area contributed by atoms with Gasteiger partial charge in [0, 0.05) is 24.0 Å². The fourth-order valence-corrected chi connectivity index (χ4v) is 2.27. The van der Waals surface area contributed by atoms with Gasteiger partial charge in [0.05, 0.1) is 0 Å². The zero-order chi connectivity index (χ0) is 17.5. The Morgan fingerprint density at radius 1 is 0.920 bits per heavy atom. The van der Waals surface area contributed by atoms with E-state index in [4.69, 9.17) is 9.47 Å². The first kappa shape index (κ1) is 16.5. The van der Waals surface area contributed by atoms with Crippen LogP contribution in [0.4, 0.5) is 0 Å². The van der Waals surface area contributed by atoms with Crippen LogP contribution in [-0.4, -0.2) is 16.1 Å². The third kappa shape index (κ3) is 4.57. The number of hydrogen-bond donors (Lipinski definition) is 1. The van der Waals surface area contributed by atoms with Crippen LogP contribution in [0.5, 0.6) is 11.5 Å². The molecule has 0 aliphatic heterocycles. The van der Waals surface area contributed by atoms with E-state index in [-0.39, 0.29) is 17.9 Å². The van der Waals surface area contributed by atoms with Crippen molar-refractivity contribution in [2.24, 2.45) is 0 Å². The Bertz CT molecular complexity index is 835. The van der Waals surface area contributed by atoms with E-state index in [2.05, 4.69) is 4.98 Å². The minimum Gasteiger partial charge on any atom is -0.489 e. The van der Waals surface area contributed by atoms with E-state index in [0.717, 1.165) is 11.1 Å². The highest BCUT2D eigenvalue weighted by atomic mass is 16.5. The van der Waals surface area contributed by atoms with E-state index >= 15 is 0 Å². The van der Waals surface area contributed by atoms with E-state index in [0.29, 0.717) is 12.4 Å². The van der Waals surface area contributed by atoms with Gasteiger partial charge in [-0.05, 0) is 23.8 Å². The summed E-state index contributed by atoms with van der Waals surface area (Å²) in [7, 11) is 0. The van der Waals surface area contributed by atoms with Gasteiger partial charge >= 0.3 is 5.97 Å². The maximum Gasteiger partial charge on any atom is 0.339 e. The van der Waals surface area contributed by atoms with Crippen LogP contribution in [0.25, 0.3) is 0 Å². The van der Waals surface area contributed by atoms with Crippen molar-refractivity contribution in [2.45, 2.75) is 13.2 Å². The first-order valence-electron chi connectivity index (χ1n) is 7.78. The lowest BCUT2D eigenvalue weighted by Crippen LogP contribution is -2.04. The monoisotopic (exact) mass is 335 g/mol. The number of aromatic carboxylic acids is 1. The van der Waals surface area contributed by atoms with Gasteiger partial charge in [0.25, 0.3) is 0 Å². The second-order valence-electron chi connectivity index (χ2n) is 5.39. The minimum absolute atomic E-state index is 0.102. The largest absolute Gasteiger partial charge is 0.489 e. The molecule has 1 heterocycles. The highest BCUT2D eigenvalue weighted by Crippen LogP contribution is 2.26. The highest BCUT2D eigenvalue weighted by Gasteiger charge is 2.13. The first-order chi connectivity index (χ1) is 12.2. The average Bonchev–Trinajstić information content (AvgIpc) is 2.66. The number of pyridine rings is 1. The van der Waals surface area contributed by atoms with E-state index in [9.17, 15) is 9.90 Å². The standard InChI is InChI=1S/C20H17NO4/c22-20(23)18-9-8-17(24-14-16-7-4-10-21-12-16)11-19(18)25-13-15-5-2-1-3-6-15/h1-12H,13-14H2,(H,22,23). The SMILES string of the molecule is O=C(O)c1ccc(OCc2cccnc2)cc1OCc1ccccc1. The molecule has 0 radical (unpaired) electrons. The molecule has 0 saturated heterocycles. The molecule has 2 aromatic carbocycles. The number of ether oxygens (including phenoxy) is 2. The van der Waals surface area contributed by atoms with Crippen molar-refractivity contribution in [3.05, 3.63) is 89.7 Å². The van der Waals surface area contributed by atoms with Crippen molar-refractivity contribution >= 4 is 5.97 Å². The second-order valence-corrected chi connectivity index (χ2v) is 5.39. The Morgan fingerprint density at radius 3 is 2.40 bits per heavy atom. The fraction of sp³-hybridized carbons (Fsp3) is 0.100. The molecule has 0 amide bonds. The Kier molecular flexibility index (Phi) is 5.26. The Hall–Kier alpha value is -3.34. The molecule has 5 nitrogen and oxygen atoms in total.